The number of nitrogens with one attached hydrogen (secondary N) is 1. The summed E-state index contributed by atoms with van der Waals surface area (Å²) in [5, 5.41) is 12.1. The molecule has 1 aromatic heterocycles. The number of ketones is 1. The fourth-order valence-electron chi connectivity index (χ4n) is 4.06. The molecule has 1 aliphatic rings. The van der Waals surface area contributed by atoms with Gasteiger partial charge in [0.2, 0.25) is 0 Å². The number of benzene rings is 3. The van der Waals surface area contributed by atoms with Crippen LogP contribution >= 0.6 is 15.9 Å². The highest BCUT2D eigenvalue weighted by Crippen LogP contribution is 2.43. The Bertz CT molecular complexity index is 1340. The lowest BCUT2D eigenvalue weighted by Gasteiger charge is -2.25. The van der Waals surface area contributed by atoms with Crippen molar-refractivity contribution >= 4 is 50.0 Å². The Hall–Kier alpha value is -3.64. The number of hydrogen-bond donors (Lipinski definition) is 2. The van der Waals surface area contributed by atoms with Crippen molar-refractivity contribution in [3.63, 3.8) is 0 Å². The lowest BCUT2D eigenvalue weighted by Crippen LogP contribution is -2.29. The van der Waals surface area contributed by atoms with Gasteiger partial charge < -0.3 is 10.1 Å². The zero-order chi connectivity index (χ0) is 21.5. The summed E-state index contributed by atoms with van der Waals surface area (Å²) in [6.45, 7) is 0. The average molecular weight is 473 g/mol. The van der Waals surface area contributed by atoms with Crippen LogP contribution in [0.3, 0.4) is 0 Å². The predicted octanol–water partition coefficient (Wildman–Crippen LogP) is 5.56. The largest absolute Gasteiger partial charge is 0.507 e. The fraction of sp³-hybridized carbons (Fsp3) is 0.0400. The number of hydrogen-bond acceptors (Lipinski definition) is 3. The molecule has 0 saturated carbocycles. The van der Waals surface area contributed by atoms with Crippen LogP contribution in [0.5, 0.6) is 0 Å². The molecular weight excluding hydrogens is 456 g/mol. The van der Waals surface area contributed by atoms with Crippen molar-refractivity contribution in [3.05, 3.63) is 106 Å². The second-order valence-corrected chi connectivity index (χ2v) is 8.22. The van der Waals surface area contributed by atoms with Gasteiger partial charge in [-0.2, -0.15) is 0 Å². The van der Waals surface area contributed by atoms with Gasteiger partial charge in [0.05, 0.1) is 11.6 Å². The summed E-state index contributed by atoms with van der Waals surface area (Å²) in [6, 6.07) is 23.2. The van der Waals surface area contributed by atoms with Crippen molar-refractivity contribution in [3.8, 4) is 0 Å². The summed E-state index contributed by atoms with van der Waals surface area (Å²) < 4.78 is 0.864. The molecule has 2 heterocycles. The topological polar surface area (TPSA) is 73.4 Å². The number of aliphatic hydroxyl groups is 1. The number of H-pyrrole nitrogens is 1. The van der Waals surface area contributed by atoms with Gasteiger partial charge in [-0.05, 0) is 35.9 Å². The van der Waals surface area contributed by atoms with Crippen molar-refractivity contribution < 1.29 is 14.7 Å². The Morgan fingerprint density at radius 3 is 2.32 bits per heavy atom. The second-order valence-electron chi connectivity index (χ2n) is 7.30. The first-order valence-corrected chi connectivity index (χ1v) is 10.5. The molecule has 0 radical (unpaired) electrons. The summed E-state index contributed by atoms with van der Waals surface area (Å²) in [5.74, 6) is -1.57. The van der Waals surface area contributed by atoms with Crippen LogP contribution in [0.2, 0.25) is 0 Å². The Labute approximate surface area is 186 Å². The third kappa shape index (κ3) is 3.16. The average Bonchev–Trinajstić information content (AvgIpc) is 3.34. The van der Waals surface area contributed by atoms with E-state index in [2.05, 4.69) is 20.9 Å². The molecule has 5 rings (SSSR count). The molecule has 2 N–H and O–H groups in total. The Balaban J connectivity index is 1.75. The van der Waals surface area contributed by atoms with E-state index in [9.17, 15) is 14.7 Å². The van der Waals surface area contributed by atoms with Gasteiger partial charge in [0.15, 0.2) is 0 Å². The number of aliphatic hydroxyl groups excluding tert-OH is 1. The molecule has 0 spiro atoms. The number of carbonyl (C=O) groups excluding carboxylic acids is 2. The number of carbonyl (C=O) groups is 2. The van der Waals surface area contributed by atoms with E-state index in [0.29, 0.717) is 11.3 Å². The molecule has 4 aromatic rings. The molecule has 1 aliphatic heterocycles. The molecule has 1 atom stereocenters. The first-order valence-electron chi connectivity index (χ1n) is 9.74. The summed E-state index contributed by atoms with van der Waals surface area (Å²) in [7, 11) is 0. The molecular formula is C25H17BrN2O3. The van der Waals surface area contributed by atoms with E-state index in [0.717, 1.165) is 20.9 Å². The number of aromatic nitrogens is 1. The number of Topliss-reactive ketones (excluding diaryl/α,β-unsaturated/α-hetero) is 1. The monoisotopic (exact) mass is 472 g/mol. The van der Waals surface area contributed by atoms with Gasteiger partial charge in [0.25, 0.3) is 11.7 Å². The number of para-hydroxylation sites is 1. The summed E-state index contributed by atoms with van der Waals surface area (Å²) >= 11 is 3.40. The van der Waals surface area contributed by atoms with Crippen LogP contribution in [-0.2, 0) is 9.59 Å². The highest BCUT2D eigenvalue weighted by molar-refractivity contribution is 9.10. The van der Waals surface area contributed by atoms with Crippen LogP contribution in [-0.4, -0.2) is 21.8 Å². The minimum atomic E-state index is -0.740. The molecule has 31 heavy (non-hydrogen) atoms. The predicted molar refractivity (Wildman–Crippen MR) is 124 cm³/mol. The molecule has 3 aromatic carbocycles. The number of fused-ring (bicyclic) bond motifs is 1. The lowest BCUT2D eigenvalue weighted by molar-refractivity contribution is -0.132. The van der Waals surface area contributed by atoms with Gasteiger partial charge in [-0.1, -0.05) is 64.5 Å². The van der Waals surface area contributed by atoms with Crippen LogP contribution < -0.4 is 4.90 Å². The number of rotatable bonds is 3. The van der Waals surface area contributed by atoms with Crippen LogP contribution in [0.1, 0.15) is 17.2 Å². The van der Waals surface area contributed by atoms with Crippen LogP contribution in [0.15, 0.2) is 95.1 Å². The first-order chi connectivity index (χ1) is 15.1. The third-order valence-electron chi connectivity index (χ3n) is 5.51. The van der Waals surface area contributed by atoms with Crippen LogP contribution in [0.25, 0.3) is 16.7 Å². The van der Waals surface area contributed by atoms with Gasteiger partial charge in [-0.25, -0.2) is 0 Å². The SMILES string of the molecule is O=C1C(=O)N(c2ccc(Br)cc2)C(c2ccccc2)/C1=C(/O)c1c[nH]c2ccccc12. The highest BCUT2D eigenvalue weighted by Gasteiger charge is 2.47. The maximum absolute atomic E-state index is 13.2. The molecule has 1 saturated heterocycles. The number of nitrogens with zero attached hydrogens (tertiary/aromatic N) is 1. The van der Waals surface area contributed by atoms with Crippen molar-refractivity contribution in [1.29, 1.82) is 0 Å². The molecule has 0 bridgehead atoms. The normalized spacial score (nSPS) is 18.1. The molecule has 1 fully saturated rings. The highest BCUT2D eigenvalue weighted by atomic mass is 79.9. The van der Waals surface area contributed by atoms with Gasteiger partial charge in [0, 0.05) is 32.8 Å². The molecule has 1 unspecified atom stereocenters. The van der Waals surface area contributed by atoms with E-state index in [1.807, 2.05) is 66.7 Å². The van der Waals surface area contributed by atoms with E-state index in [1.54, 1.807) is 18.3 Å². The van der Waals surface area contributed by atoms with E-state index >= 15 is 0 Å². The second kappa shape index (κ2) is 7.56. The summed E-state index contributed by atoms with van der Waals surface area (Å²) in [5.41, 5.74) is 2.72. The van der Waals surface area contributed by atoms with E-state index in [4.69, 9.17) is 0 Å². The summed E-state index contributed by atoms with van der Waals surface area (Å²) in [4.78, 5) is 30.9. The first kappa shape index (κ1) is 19.3. The van der Waals surface area contributed by atoms with Crippen molar-refractivity contribution in [2.24, 2.45) is 0 Å². The van der Waals surface area contributed by atoms with Crippen molar-refractivity contribution in [1.82, 2.24) is 4.98 Å². The fourth-order valence-corrected chi connectivity index (χ4v) is 4.33. The molecule has 5 nitrogen and oxygen atoms in total. The van der Waals surface area contributed by atoms with Crippen molar-refractivity contribution in [2.45, 2.75) is 6.04 Å². The number of amides is 1. The smallest absolute Gasteiger partial charge is 0.300 e. The minimum absolute atomic E-state index is 0.0730. The van der Waals surface area contributed by atoms with Gasteiger partial charge in [0.1, 0.15) is 5.76 Å². The zero-order valence-corrected chi connectivity index (χ0v) is 17.8. The Morgan fingerprint density at radius 1 is 0.903 bits per heavy atom. The van der Waals surface area contributed by atoms with E-state index < -0.39 is 17.7 Å². The number of aromatic amines is 1. The molecule has 1 amide bonds. The molecule has 0 aliphatic carbocycles. The van der Waals surface area contributed by atoms with Crippen LogP contribution in [0, 0.1) is 0 Å². The standard InChI is InChI=1S/C25H17BrN2O3/c26-16-10-12-17(13-11-16)28-22(15-6-2-1-3-7-15)21(24(30)25(28)31)23(29)19-14-27-20-9-5-4-8-18(19)20/h1-14,22,27,29H/b23-21-. The van der Waals surface area contributed by atoms with Crippen molar-refractivity contribution in [2.75, 3.05) is 4.90 Å². The molecule has 152 valence electrons. The van der Waals surface area contributed by atoms with E-state index in [1.165, 1.54) is 4.90 Å². The van der Waals surface area contributed by atoms with Gasteiger partial charge >= 0.3 is 0 Å². The van der Waals surface area contributed by atoms with Crippen LogP contribution in [0.4, 0.5) is 5.69 Å². The van der Waals surface area contributed by atoms with Gasteiger partial charge in [-0.15, -0.1) is 0 Å². The van der Waals surface area contributed by atoms with Gasteiger partial charge in [-0.3, -0.25) is 14.5 Å². The van der Waals surface area contributed by atoms with E-state index in [-0.39, 0.29) is 11.3 Å². The quantitative estimate of drug-likeness (QED) is 0.233. The summed E-state index contributed by atoms with van der Waals surface area (Å²) in [6.07, 6.45) is 1.66. The minimum Gasteiger partial charge on any atom is -0.507 e. The Kier molecular flexibility index (Phi) is 4.71. The molecule has 6 heteroatoms. The lowest BCUT2D eigenvalue weighted by atomic mass is 9.95. The maximum atomic E-state index is 13.2. The number of anilines is 1. The maximum Gasteiger partial charge on any atom is 0.300 e. The Morgan fingerprint density at radius 2 is 1.58 bits per heavy atom. The zero-order valence-electron chi connectivity index (χ0n) is 16.2. The third-order valence-corrected chi connectivity index (χ3v) is 6.04. The number of halogens is 1.